The molecule has 2 N–H and O–H groups in total. The van der Waals surface area contributed by atoms with E-state index in [2.05, 4.69) is 32.2 Å². The molecule has 0 aliphatic heterocycles. The number of ether oxygens (including phenoxy) is 5. The Labute approximate surface area is 381 Å². The molecule has 0 amide bonds. The Kier molecular flexibility index (Phi) is 19.5. The number of unbranched alkanes of at least 4 members (excludes halogenated alkanes) is 2. The summed E-state index contributed by atoms with van der Waals surface area (Å²) in [5.41, 5.74) is 3.37. The van der Waals surface area contributed by atoms with Crippen LogP contribution in [0, 0.1) is 23.2 Å². The predicted molar refractivity (Wildman–Crippen MR) is 251 cm³/mol. The number of esters is 3. The summed E-state index contributed by atoms with van der Waals surface area (Å²) in [6.07, 6.45) is 16.4. The lowest BCUT2D eigenvalue weighted by Gasteiger charge is -2.38. The van der Waals surface area contributed by atoms with Gasteiger partial charge in [-0.1, -0.05) is 82.9 Å². The SMILES string of the molecule is C=C(C)C(=O)OCCCOc1ccc(-c2cc(C3CCC(C4CCC(CCCCC)CC4)CC3)cc(-c3ccc(OCCCOC(=O)C(=C)C)cc3)c2OC(=O)C(C)(CO)CO)cc1. The zero-order chi connectivity index (χ0) is 46.1. The molecule has 2 aliphatic rings. The van der Waals surface area contributed by atoms with Crippen molar-refractivity contribution < 1.29 is 48.3 Å². The van der Waals surface area contributed by atoms with Crippen molar-refractivity contribution in [1.29, 1.82) is 0 Å². The summed E-state index contributed by atoms with van der Waals surface area (Å²) in [4.78, 5) is 37.4. The summed E-state index contributed by atoms with van der Waals surface area (Å²) in [5.74, 6) is 2.77. The third-order valence-corrected chi connectivity index (χ3v) is 13.1. The van der Waals surface area contributed by atoms with Gasteiger partial charge in [0, 0.05) is 35.1 Å². The van der Waals surface area contributed by atoms with Crippen LogP contribution in [0.15, 0.2) is 85.0 Å². The molecule has 5 rings (SSSR count). The normalized spacial score (nSPS) is 18.7. The van der Waals surface area contributed by atoms with Crippen LogP contribution in [0.1, 0.15) is 129 Å². The van der Waals surface area contributed by atoms with Crippen LogP contribution < -0.4 is 14.2 Å². The Morgan fingerprint density at radius 2 is 1.09 bits per heavy atom. The summed E-state index contributed by atoms with van der Waals surface area (Å²) < 4.78 is 28.7. The molecule has 3 aromatic carbocycles. The summed E-state index contributed by atoms with van der Waals surface area (Å²) >= 11 is 0. The van der Waals surface area contributed by atoms with E-state index >= 15 is 0 Å². The fraction of sp³-hybridized carbons (Fsp3) is 0.537. The zero-order valence-corrected chi connectivity index (χ0v) is 38.8. The van der Waals surface area contributed by atoms with Gasteiger partial charge in [-0.2, -0.15) is 0 Å². The van der Waals surface area contributed by atoms with Crippen LogP contribution in [-0.2, 0) is 23.9 Å². The number of benzene rings is 3. The van der Waals surface area contributed by atoms with Gasteiger partial charge in [0.2, 0.25) is 0 Å². The number of hydrogen-bond donors (Lipinski definition) is 2. The van der Waals surface area contributed by atoms with Crippen LogP contribution in [0.4, 0.5) is 0 Å². The smallest absolute Gasteiger partial charge is 0.333 e. The maximum absolute atomic E-state index is 13.9. The number of aliphatic hydroxyl groups excluding tert-OH is 2. The summed E-state index contributed by atoms with van der Waals surface area (Å²) in [5, 5.41) is 20.4. The van der Waals surface area contributed by atoms with E-state index in [4.69, 9.17) is 23.7 Å². The highest BCUT2D eigenvalue weighted by Gasteiger charge is 2.36. The van der Waals surface area contributed by atoms with Crippen molar-refractivity contribution in [3.8, 4) is 39.5 Å². The van der Waals surface area contributed by atoms with E-state index in [1.54, 1.807) is 13.8 Å². The van der Waals surface area contributed by atoms with Crippen molar-refractivity contribution in [2.24, 2.45) is 23.2 Å². The Balaban J connectivity index is 1.43. The van der Waals surface area contributed by atoms with Crippen LogP contribution in [0.2, 0.25) is 0 Å². The number of hydrogen-bond acceptors (Lipinski definition) is 10. The highest BCUT2D eigenvalue weighted by molar-refractivity contribution is 5.89. The second kappa shape index (κ2) is 24.9. The van der Waals surface area contributed by atoms with Gasteiger partial charge < -0.3 is 33.9 Å². The van der Waals surface area contributed by atoms with Crippen LogP contribution in [0.25, 0.3) is 22.3 Å². The quantitative estimate of drug-likeness (QED) is 0.0387. The van der Waals surface area contributed by atoms with Crippen molar-refractivity contribution >= 4 is 17.9 Å². The second-order valence-corrected chi connectivity index (χ2v) is 18.4. The van der Waals surface area contributed by atoms with E-state index in [1.807, 2.05) is 48.5 Å². The van der Waals surface area contributed by atoms with Crippen LogP contribution in [-0.4, -0.2) is 67.8 Å². The summed E-state index contributed by atoms with van der Waals surface area (Å²) in [6, 6.07) is 19.5. The standard InChI is InChI=1S/C54H72O10/c1-7-8-9-12-39-13-15-40(16-14-39)41-17-19-42(20-18-41)45-33-48(43-21-25-46(26-22-43)60-29-10-31-62-51(57)37(2)3)50(64-53(59)54(6,35-55)36-56)49(34-45)44-23-27-47(28-24-44)61-30-11-32-63-52(58)38(4)5/h21-28,33-34,39-42,55-56H,2,4,7-20,29-32,35-36H2,1,3,5-6H3. The average Bonchev–Trinajstić information content (AvgIpc) is 3.31. The molecule has 0 unspecified atom stereocenters. The Hall–Kier alpha value is -4.93. The number of aliphatic hydroxyl groups is 2. The summed E-state index contributed by atoms with van der Waals surface area (Å²) in [7, 11) is 0. The maximum Gasteiger partial charge on any atom is 0.333 e. The topological polar surface area (TPSA) is 138 Å². The highest BCUT2D eigenvalue weighted by atomic mass is 16.5. The molecular weight excluding hydrogens is 809 g/mol. The van der Waals surface area contributed by atoms with Crippen molar-refractivity contribution in [3.63, 3.8) is 0 Å². The van der Waals surface area contributed by atoms with E-state index in [1.165, 1.54) is 76.7 Å². The monoisotopic (exact) mass is 881 g/mol. The molecule has 0 bridgehead atoms. The van der Waals surface area contributed by atoms with Crippen LogP contribution >= 0.6 is 0 Å². The van der Waals surface area contributed by atoms with Gasteiger partial charge in [0.1, 0.15) is 22.7 Å². The van der Waals surface area contributed by atoms with E-state index in [-0.39, 0.29) is 13.2 Å². The third kappa shape index (κ3) is 14.3. The molecule has 0 radical (unpaired) electrons. The van der Waals surface area contributed by atoms with E-state index in [0.29, 0.717) is 71.5 Å². The molecule has 0 atom stereocenters. The molecule has 64 heavy (non-hydrogen) atoms. The van der Waals surface area contributed by atoms with Gasteiger partial charge in [-0.15, -0.1) is 0 Å². The third-order valence-electron chi connectivity index (χ3n) is 13.1. The lowest BCUT2D eigenvalue weighted by atomic mass is 9.67. The number of carbonyl (C=O) groups is 3. The van der Waals surface area contributed by atoms with Gasteiger partial charge in [0.05, 0.1) is 39.6 Å². The number of carbonyl (C=O) groups excluding carboxylic acids is 3. The summed E-state index contributed by atoms with van der Waals surface area (Å²) in [6.45, 7) is 14.2. The van der Waals surface area contributed by atoms with Gasteiger partial charge in [0.25, 0.3) is 0 Å². The molecule has 0 spiro atoms. The van der Waals surface area contributed by atoms with Gasteiger partial charge in [-0.25, -0.2) is 9.59 Å². The van der Waals surface area contributed by atoms with Crippen molar-refractivity contribution in [2.75, 3.05) is 39.6 Å². The van der Waals surface area contributed by atoms with Crippen molar-refractivity contribution in [3.05, 3.63) is 90.5 Å². The fourth-order valence-electron chi connectivity index (χ4n) is 8.91. The minimum Gasteiger partial charge on any atom is -0.493 e. The lowest BCUT2D eigenvalue weighted by Crippen LogP contribution is -2.38. The second-order valence-electron chi connectivity index (χ2n) is 18.4. The molecule has 0 aromatic heterocycles. The van der Waals surface area contributed by atoms with Gasteiger partial charge >= 0.3 is 17.9 Å². The highest BCUT2D eigenvalue weighted by Crippen LogP contribution is 2.48. The van der Waals surface area contributed by atoms with Crippen molar-refractivity contribution in [1.82, 2.24) is 0 Å². The van der Waals surface area contributed by atoms with E-state index in [0.717, 1.165) is 41.7 Å². The molecule has 0 saturated heterocycles. The van der Waals surface area contributed by atoms with Gasteiger partial charge in [0.15, 0.2) is 0 Å². The van der Waals surface area contributed by atoms with Gasteiger partial charge in [-0.05, 0) is 136 Å². The molecule has 0 heterocycles. The number of rotatable bonds is 24. The van der Waals surface area contributed by atoms with Crippen molar-refractivity contribution in [2.45, 2.75) is 124 Å². The lowest BCUT2D eigenvalue weighted by molar-refractivity contribution is -0.150. The first kappa shape index (κ1) is 50.1. The predicted octanol–water partition coefficient (Wildman–Crippen LogP) is 11.4. The Morgan fingerprint density at radius 3 is 1.52 bits per heavy atom. The minimum absolute atomic E-state index is 0.219. The minimum atomic E-state index is -1.53. The van der Waals surface area contributed by atoms with Crippen LogP contribution in [0.3, 0.4) is 0 Å². The Morgan fingerprint density at radius 1 is 0.641 bits per heavy atom. The van der Waals surface area contributed by atoms with Gasteiger partial charge in [-0.3, -0.25) is 4.79 Å². The zero-order valence-electron chi connectivity index (χ0n) is 38.8. The fourth-order valence-corrected chi connectivity index (χ4v) is 8.91. The van der Waals surface area contributed by atoms with Crippen LogP contribution in [0.5, 0.6) is 17.2 Å². The molecule has 10 heteroatoms. The maximum atomic E-state index is 13.9. The molecule has 348 valence electrons. The molecule has 2 fully saturated rings. The molecule has 3 aromatic rings. The molecular formula is C54H72O10. The van der Waals surface area contributed by atoms with E-state index in [9.17, 15) is 24.6 Å². The molecule has 2 aliphatic carbocycles. The first-order chi connectivity index (χ1) is 30.8. The Bertz CT molecular complexity index is 1880. The van der Waals surface area contributed by atoms with E-state index < -0.39 is 36.5 Å². The first-order valence-electron chi connectivity index (χ1n) is 23.6. The molecule has 2 saturated carbocycles. The largest absolute Gasteiger partial charge is 0.493 e. The average molecular weight is 881 g/mol. The molecule has 10 nitrogen and oxygen atoms in total. The first-order valence-corrected chi connectivity index (χ1v) is 23.6.